The number of nitrogens with one attached hydrogen (secondary N) is 1. The lowest BCUT2D eigenvalue weighted by atomic mass is 10.0. The van der Waals surface area contributed by atoms with Crippen LogP contribution >= 0.6 is 7.82 Å². The maximum Gasteiger partial charge on any atom is 0.472 e. The smallest absolute Gasteiger partial charge is 0.387 e. The van der Waals surface area contributed by atoms with Gasteiger partial charge in [-0.3, -0.25) is 13.8 Å². The fraction of sp³-hybridized carbons (Fsp3) is 0.868. The van der Waals surface area contributed by atoms with E-state index in [0.717, 1.165) is 44.9 Å². The molecule has 0 aliphatic rings. The predicted molar refractivity (Wildman–Crippen MR) is 337 cm³/mol. The lowest BCUT2D eigenvalue weighted by Crippen LogP contribution is -2.45. The summed E-state index contributed by atoms with van der Waals surface area (Å²) in [6.45, 7) is 4.83. The Balaban J connectivity index is 4.12. The molecule has 0 aromatic carbocycles. The Hall–Kier alpha value is -1.54. The Bertz CT molecular complexity index is 1390. The standard InChI is InChI=1S/C68H131N2O6P/c1-6-8-10-12-14-16-18-20-22-24-26-28-30-32-33-34-35-36-37-38-40-42-44-46-48-50-52-54-56-58-60-62-68(72)69-66(65-76-77(73,74)75-64-63-70(3,4)5)67(71)61-59-57-55-53-51-49-47-45-43-41-39-31-29-27-25-23-21-19-17-15-13-11-9-7-2/h24,26,43,45,51,53,59,61,66-67,71H,6-23,25,27-42,44,46-50,52,54-58,60,62-65H2,1-5H3,(H-,69,72,73,74)/p+1/b26-24-,45-43+,53-51+,61-59+. The van der Waals surface area contributed by atoms with Gasteiger partial charge in [0.15, 0.2) is 0 Å². The topological polar surface area (TPSA) is 105 Å². The van der Waals surface area contributed by atoms with Gasteiger partial charge in [-0.05, 0) is 70.6 Å². The first-order chi connectivity index (χ1) is 37.5. The lowest BCUT2D eigenvalue weighted by Gasteiger charge is -2.25. The average molecular weight is 1100 g/mol. The number of unbranched alkanes of at least 4 members (excludes halogenated alkanes) is 43. The van der Waals surface area contributed by atoms with Crippen molar-refractivity contribution in [1.82, 2.24) is 5.32 Å². The molecule has 0 heterocycles. The SMILES string of the molecule is CCCCCCCCCC/C=C\CCCCCCCCCCCCCCCCCCCCCC(=O)NC(COP(=O)(O)OCC[N+](C)(C)C)C(O)/C=C/CC/C=C/CC/C=C/CCCCCCCCCCCCCCCC. The third-order valence-electron chi connectivity index (χ3n) is 15.2. The van der Waals surface area contributed by atoms with E-state index in [-0.39, 0.29) is 19.1 Å². The molecule has 0 bridgehead atoms. The first-order valence-electron chi connectivity index (χ1n) is 33.5. The number of aliphatic hydroxyl groups excluding tert-OH is 1. The Labute approximate surface area is 479 Å². The summed E-state index contributed by atoms with van der Waals surface area (Å²) in [7, 11) is 1.56. The zero-order valence-corrected chi connectivity index (χ0v) is 52.9. The van der Waals surface area contributed by atoms with Gasteiger partial charge in [-0.1, -0.05) is 300 Å². The Morgan fingerprint density at radius 2 is 0.714 bits per heavy atom. The van der Waals surface area contributed by atoms with Gasteiger partial charge >= 0.3 is 7.82 Å². The van der Waals surface area contributed by atoms with Gasteiger partial charge in [0.1, 0.15) is 13.2 Å². The summed E-state index contributed by atoms with van der Waals surface area (Å²) in [5, 5.41) is 14.0. The summed E-state index contributed by atoms with van der Waals surface area (Å²) in [5.74, 6) is -0.185. The van der Waals surface area contributed by atoms with Crippen LogP contribution in [0.1, 0.15) is 328 Å². The van der Waals surface area contributed by atoms with Crippen LogP contribution in [0.2, 0.25) is 0 Å². The van der Waals surface area contributed by atoms with Crippen LogP contribution in [0.25, 0.3) is 0 Å². The zero-order chi connectivity index (χ0) is 56.3. The second kappa shape index (κ2) is 59.1. The van der Waals surface area contributed by atoms with Crippen molar-refractivity contribution in [1.29, 1.82) is 0 Å². The second-order valence-electron chi connectivity index (χ2n) is 24.2. The monoisotopic (exact) mass is 1100 g/mol. The van der Waals surface area contributed by atoms with Gasteiger partial charge in [0, 0.05) is 6.42 Å². The molecular weight excluding hydrogens is 972 g/mol. The molecule has 0 saturated heterocycles. The van der Waals surface area contributed by atoms with E-state index in [2.05, 4.69) is 55.6 Å². The van der Waals surface area contributed by atoms with Crippen molar-refractivity contribution >= 4 is 13.7 Å². The number of aliphatic hydroxyl groups is 1. The van der Waals surface area contributed by atoms with Gasteiger partial charge in [0.05, 0.1) is 39.9 Å². The molecule has 0 spiro atoms. The van der Waals surface area contributed by atoms with Crippen LogP contribution in [-0.2, 0) is 18.4 Å². The minimum atomic E-state index is -4.36. The van der Waals surface area contributed by atoms with Crippen molar-refractivity contribution in [2.45, 2.75) is 341 Å². The average Bonchev–Trinajstić information content (AvgIpc) is 3.39. The van der Waals surface area contributed by atoms with Crippen LogP contribution in [-0.4, -0.2) is 73.4 Å². The van der Waals surface area contributed by atoms with Gasteiger partial charge in [0.2, 0.25) is 5.91 Å². The Morgan fingerprint density at radius 1 is 0.429 bits per heavy atom. The minimum absolute atomic E-state index is 0.0543. The number of carbonyl (C=O) groups is 1. The molecule has 0 rings (SSSR count). The molecule has 0 radical (unpaired) electrons. The number of rotatable bonds is 62. The van der Waals surface area contributed by atoms with Crippen LogP contribution in [0.4, 0.5) is 0 Å². The zero-order valence-electron chi connectivity index (χ0n) is 52.0. The number of carbonyl (C=O) groups excluding carboxylic acids is 1. The highest BCUT2D eigenvalue weighted by molar-refractivity contribution is 7.47. The van der Waals surface area contributed by atoms with Gasteiger partial charge in [-0.2, -0.15) is 0 Å². The molecule has 0 saturated carbocycles. The number of nitrogens with zero attached hydrogens (tertiary/aromatic N) is 1. The lowest BCUT2D eigenvalue weighted by molar-refractivity contribution is -0.870. The number of amides is 1. The van der Waals surface area contributed by atoms with Crippen LogP contribution in [0.5, 0.6) is 0 Å². The first-order valence-corrected chi connectivity index (χ1v) is 35.0. The van der Waals surface area contributed by atoms with E-state index >= 15 is 0 Å². The number of likely N-dealkylation sites (N-methyl/N-ethyl adjacent to an activating group) is 1. The third-order valence-corrected chi connectivity index (χ3v) is 16.2. The van der Waals surface area contributed by atoms with E-state index in [9.17, 15) is 19.4 Å². The molecular formula is C68H132N2O6P+. The summed E-state index contributed by atoms with van der Waals surface area (Å²) in [6, 6.07) is -0.871. The van der Waals surface area contributed by atoms with E-state index in [1.54, 1.807) is 6.08 Å². The minimum Gasteiger partial charge on any atom is -0.387 e. The maximum absolute atomic E-state index is 13.0. The molecule has 0 aromatic heterocycles. The molecule has 0 aliphatic heterocycles. The largest absolute Gasteiger partial charge is 0.472 e. The van der Waals surface area contributed by atoms with Crippen molar-refractivity contribution in [2.24, 2.45) is 0 Å². The number of phosphoric ester groups is 1. The van der Waals surface area contributed by atoms with Gasteiger partial charge in [-0.15, -0.1) is 0 Å². The van der Waals surface area contributed by atoms with Gasteiger partial charge in [-0.25, -0.2) is 4.57 Å². The van der Waals surface area contributed by atoms with Crippen LogP contribution in [0.3, 0.4) is 0 Å². The summed E-state index contributed by atoms with van der Waals surface area (Å²) in [6.07, 6.45) is 79.7. The number of hydrogen-bond donors (Lipinski definition) is 3. The highest BCUT2D eigenvalue weighted by Crippen LogP contribution is 2.43. The van der Waals surface area contributed by atoms with Crippen molar-refractivity contribution in [3.05, 3.63) is 48.6 Å². The molecule has 0 aliphatic carbocycles. The number of hydrogen-bond acceptors (Lipinski definition) is 5. The van der Waals surface area contributed by atoms with Crippen LogP contribution < -0.4 is 5.32 Å². The van der Waals surface area contributed by atoms with Crippen LogP contribution in [0.15, 0.2) is 48.6 Å². The quantitative estimate of drug-likeness (QED) is 0.0243. The summed E-state index contributed by atoms with van der Waals surface area (Å²) in [4.78, 5) is 23.4. The predicted octanol–water partition coefficient (Wildman–Crippen LogP) is 21.1. The molecule has 3 unspecified atom stereocenters. The molecule has 0 aromatic rings. The van der Waals surface area contributed by atoms with Crippen molar-refractivity contribution < 1.29 is 32.9 Å². The molecule has 454 valence electrons. The van der Waals surface area contributed by atoms with Crippen molar-refractivity contribution in [3.63, 3.8) is 0 Å². The molecule has 1 amide bonds. The summed E-state index contributed by atoms with van der Waals surface area (Å²) < 4.78 is 23.8. The molecule has 3 atom stereocenters. The number of quaternary nitrogens is 1. The Morgan fingerprint density at radius 3 is 1.04 bits per heavy atom. The van der Waals surface area contributed by atoms with Crippen molar-refractivity contribution in [2.75, 3.05) is 40.9 Å². The summed E-state index contributed by atoms with van der Waals surface area (Å²) in [5.41, 5.74) is 0. The van der Waals surface area contributed by atoms with E-state index < -0.39 is 20.0 Å². The highest BCUT2D eigenvalue weighted by Gasteiger charge is 2.28. The molecule has 3 N–H and O–H groups in total. The normalized spacial score (nSPS) is 14.0. The molecule has 77 heavy (non-hydrogen) atoms. The van der Waals surface area contributed by atoms with E-state index in [1.807, 2.05) is 27.2 Å². The van der Waals surface area contributed by atoms with Crippen molar-refractivity contribution in [3.8, 4) is 0 Å². The van der Waals surface area contributed by atoms with Crippen LogP contribution in [0, 0.1) is 0 Å². The molecule has 9 heteroatoms. The fourth-order valence-electron chi connectivity index (χ4n) is 10.0. The molecule has 8 nitrogen and oxygen atoms in total. The highest BCUT2D eigenvalue weighted by atomic mass is 31.2. The molecule has 0 fully saturated rings. The second-order valence-corrected chi connectivity index (χ2v) is 25.6. The number of phosphoric acid groups is 1. The summed E-state index contributed by atoms with van der Waals surface area (Å²) >= 11 is 0. The fourth-order valence-corrected chi connectivity index (χ4v) is 10.7. The van der Waals surface area contributed by atoms with Gasteiger partial charge in [0.25, 0.3) is 0 Å². The third kappa shape index (κ3) is 61.9. The van der Waals surface area contributed by atoms with Gasteiger partial charge < -0.3 is 19.8 Å². The number of allylic oxidation sites excluding steroid dienone is 7. The maximum atomic E-state index is 13.0. The Kier molecular flexibility index (Phi) is 57.9. The first kappa shape index (κ1) is 75.5. The van der Waals surface area contributed by atoms with E-state index in [0.29, 0.717) is 17.4 Å². The van der Waals surface area contributed by atoms with E-state index in [1.165, 1.54) is 263 Å². The van der Waals surface area contributed by atoms with E-state index in [4.69, 9.17) is 9.05 Å².